The number of urea groups is 1. The molecule has 1 aliphatic carbocycles. The molecule has 2 aromatic carbocycles. The number of carboxylic acids is 1. The summed E-state index contributed by atoms with van der Waals surface area (Å²) in [6.45, 7) is 3.64. The third-order valence-electron chi connectivity index (χ3n) is 4.54. The van der Waals surface area contributed by atoms with Crippen LogP contribution in [0.25, 0.3) is 10.8 Å². The molecule has 0 saturated heterocycles. The first-order valence-electron chi connectivity index (χ1n) is 8.20. The van der Waals surface area contributed by atoms with E-state index in [1.807, 2.05) is 32.0 Å². The highest BCUT2D eigenvalue weighted by Crippen LogP contribution is 2.34. The molecule has 0 aliphatic heterocycles. The molecule has 0 atom stereocenters. The van der Waals surface area contributed by atoms with Gasteiger partial charge in [0, 0.05) is 17.3 Å². The van der Waals surface area contributed by atoms with Crippen LogP contribution in [0.5, 0.6) is 0 Å². The Morgan fingerprint density at radius 1 is 1.12 bits per heavy atom. The molecule has 1 aliphatic rings. The molecule has 126 valence electrons. The highest BCUT2D eigenvalue weighted by atomic mass is 16.4. The number of anilines is 1. The van der Waals surface area contributed by atoms with Crippen LogP contribution in [-0.2, 0) is 17.6 Å². The maximum atomic E-state index is 12.3. The molecule has 0 aromatic heterocycles. The Hall–Kier alpha value is -2.56. The normalized spacial score (nSPS) is 13.1. The molecular weight excluding hydrogens is 304 g/mol. The topological polar surface area (TPSA) is 78.4 Å². The lowest BCUT2D eigenvalue weighted by Crippen LogP contribution is -2.45. The van der Waals surface area contributed by atoms with Gasteiger partial charge in [0.15, 0.2) is 0 Å². The summed E-state index contributed by atoms with van der Waals surface area (Å²) >= 11 is 0. The summed E-state index contributed by atoms with van der Waals surface area (Å²) in [5.74, 6) is -0.863. The number of aliphatic carboxylic acids is 1. The fourth-order valence-electron chi connectivity index (χ4n) is 3.30. The molecule has 0 fully saturated rings. The first-order valence-corrected chi connectivity index (χ1v) is 8.20. The van der Waals surface area contributed by atoms with Crippen molar-refractivity contribution in [2.75, 3.05) is 5.32 Å². The first-order chi connectivity index (χ1) is 11.4. The zero-order chi connectivity index (χ0) is 17.3. The predicted octanol–water partition coefficient (Wildman–Crippen LogP) is 3.70. The summed E-state index contributed by atoms with van der Waals surface area (Å²) in [7, 11) is 0. The second-order valence-corrected chi connectivity index (χ2v) is 6.97. The van der Waals surface area contributed by atoms with Crippen molar-refractivity contribution in [2.24, 2.45) is 0 Å². The monoisotopic (exact) mass is 326 g/mol. The molecule has 0 bridgehead atoms. The minimum atomic E-state index is -0.863. The largest absolute Gasteiger partial charge is 0.481 e. The second-order valence-electron chi connectivity index (χ2n) is 6.97. The van der Waals surface area contributed by atoms with Gasteiger partial charge in [0.05, 0.1) is 5.69 Å². The van der Waals surface area contributed by atoms with E-state index in [0.29, 0.717) is 6.42 Å². The number of carboxylic acid groups (broad SMARTS) is 1. The van der Waals surface area contributed by atoms with Crippen molar-refractivity contribution >= 4 is 28.5 Å². The van der Waals surface area contributed by atoms with Gasteiger partial charge >= 0.3 is 12.0 Å². The molecule has 5 nitrogen and oxygen atoms in total. The summed E-state index contributed by atoms with van der Waals surface area (Å²) in [5, 5.41) is 16.9. The van der Waals surface area contributed by atoms with E-state index in [1.165, 1.54) is 16.5 Å². The molecule has 3 N–H and O–H groups in total. The number of benzene rings is 2. The fourth-order valence-corrected chi connectivity index (χ4v) is 3.30. The van der Waals surface area contributed by atoms with E-state index in [2.05, 4.69) is 22.8 Å². The third-order valence-corrected chi connectivity index (χ3v) is 4.54. The van der Waals surface area contributed by atoms with Gasteiger partial charge in [0.25, 0.3) is 0 Å². The first kappa shape index (κ1) is 16.3. The van der Waals surface area contributed by atoms with E-state index in [9.17, 15) is 9.59 Å². The maximum Gasteiger partial charge on any atom is 0.319 e. The van der Waals surface area contributed by atoms with E-state index in [1.54, 1.807) is 0 Å². The van der Waals surface area contributed by atoms with Gasteiger partial charge in [-0.05, 0) is 55.7 Å². The highest BCUT2D eigenvalue weighted by Gasteiger charge is 2.22. The van der Waals surface area contributed by atoms with Crippen molar-refractivity contribution < 1.29 is 14.7 Å². The van der Waals surface area contributed by atoms with Gasteiger partial charge in [-0.1, -0.05) is 24.3 Å². The average Bonchev–Trinajstić information content (AvgIpc) is 2.93. The van der Waals surface area contributed by atoms with Gasteiger partial charge in [-0.15, -0.1) is 0 Å². The number of hydrogen-bond acceptors (Lipinski definition) is 2. The van der Waals surface area contributed by atoms with Crippen LogP contribution < -0.4 is 10.6 Å². The smallest absolute Gasteiger partial charge is 0.319 e. The van der Waals surface area contributed by atoms with Crippen LogP contribution in [-0.4, -0.2) is 22.6 Å². The Morgan fingerprint density at radius 3 is 2.54 bits per heavy atom. The zero-order valence-corrected chi connectivity index (χ0v) is 14.0. The van der Waals surface area contributed by atoms with Gasteiger partial charge < -0.3 is 15.7 Å². The lowest BCUT2D eigenvalue weighted by Gasteiger charge is -2.26. The Kier molecular flexibility index (Phi) is 4.18. The molecule has 0 unspecified atom stereocenters. The Bertz CT molecular complexity index is 801. The number of rotatable bonds is 5. The van der Waals surface area contributed by atoms with Crippen LogP contribution in [0.2, 0.25) is 0 Å². The van der Waals surface area contributed by atoms with Crippen molar-refractivity contribution in [3.63, 3.8) is 0 Å². The summed E-state index contributed by atoms with van der Waals surface area (Å²) in [4.78, 5) is 23.0. The lowest BCUT2D eigenvalue weighted by molar-refractivity contribution is -0.137. The number of aryl methyl sites for hydroxylation is 2. The quantitative estimate of drug-likeness (QED) is 0.784. The summed E-state index contributed by atoms with van der Waals surface area (Å²) in [6, 6.07) is 9.88. The van der Waals surface area contributed by atoms with E-state index in [0.717, 1.165) is 23.9 Å². The van der Waals surface area contributed by atoms with Gasteiger partial charge in [0.1, 0.15) is 0 Å². The van der Waals surface area contributed by atoms with E-state index in [4.69, 9.17) is 5.11 Å². The summed E-state index contributed by atoms with van der Waals surface area (Å²) in [5.41, 5.74) is 2.85. The number of hydrogen-bond donors (Lipinski definition) is 3. The number of carbonyl (C=O) groups excluding carboxylic acids is 1. The van der Waals surface area contributed by atoms with Crippen LogP contribution >= 0.6 is 0 Å². The van der Waals surface area contributed by atoms with E-state index < -0.39 is 11.5 Å². The highest BCUT2D eigenvalue weighted by molar-refractivity contribution is 6.04. The number of carbonyl (C=O) groups is 2. The molecular formula is C19H22N2O3. The number of amides is 2. The van der Waals surface area contributed by atoms with Crippen molar-refractivity contribution in [1.29, 1.82) is 0 Å². The van der Waals surface area contributed by atoms with Crippen LogP contribution in [0, 0.1) is 0 Å². The molecule has 0 heterocycles. The molecule has 2 amide bonds. The van der Waals surface area contributed by atoms with E-state index >= 15 is 0 Å². The third kappa shape index (κ3) is 3.35. The maximum absolute atomic E-state index is 12.3. The Labute approximate surface area is 141 Å². The van der Waals surface area contributed by atoms with Gasteiger partial charge in [-0.25, -0.2) is 4.79 Å². The van der Waals surface area contributed by atoms with Crippen LogP contribution in [0.3, 0.4) is 0 Å². The summed E-state index contributed by atoms with van der Waals surface area (Å²) < 4.78 is 0. The van der Waals surface area contributed by atoms with Crippen LogP contribution in [0.1, 0.15) is 37.8 Å². The zero-order valence-electron chi connectivity index (χ0n) is 14.0. The molecule has 0 spiro atoms. The predicted molar refractivity (Wildman–Crippen MR) is 94.5 cm³/mol. The Balaban J connectivity index is 1.76. The van der Waals surface area contributed by atoms with Crippen molar-refractivity contribution in [2.45, 2.75) is 45.1 Å². The van der Waals surface area contributed by atoms with Gasteiger partial charge in [-0.3, -0.25) is 4.79 Å². The lowest BCUT2D eigenvalue weighted by atomic mass is 9.99. The van der Waals surface area contributed by atoms with Crippen LogP contribution in [0.4, 0.5) is 10.5 Å². The van der Waals surface area contributed by atoms with Crippen molar-refractivity contribution in [1.82, 2.24) is 5.32 Å². The molecule has 3 rings (SSSR count). The van der Waals surface area contributed by atoms with Crippen molar-refractivity contribution in [3.05, 3.63) is 41.5 Å². The molecule has 0 saturated carbocycles. The molecule has 2 aromatic rings. The van der Waals surface area contributed by atoms with Gasteiger partial charge in [0.2, 0.25) is 0 Å². The fraction of sp³-hybridized carbons (Fsp3) is 0.368. The molecule has 0 radical (unpaired) electrons. The average molecular weight is 326 g/mol. The second kappa shape index (κ2) is 6.15. The molecule has 5 heteroatoms. The Morgan fingerprint density at radius 2 is 1.83 bits per heavy atom. The minimum Gasteiger partial charge on any atom is -0.481 e. The molecule has 24 heavy (non-hydrogen) atoms. The van der Waals surface area contributed by atoms with Gasteiger partial charge in [-0.2, -0.15) is 0 Å². The van der Waals surface area contributed by atoms with E-state index in [-0.39, 0.29) is 12.5 Å². The summed E-state index contributed by atoms with van der Waals surface area (Å²) in [6.07, 6.45) is 2.49. The van der Waals surface area contributed by atoms with Crippen molar-refractivity contribution in [3.8, 4) is 0 Å². The minimum absolute atomic E-state index is 0.0221. The number of nitrogens with one attached hydrogen (secondary N) is 2. The van der Waals surface area contributed by atoms with Crippen LogP contribution in [0.15, 0.2) is 30.3 Å². The standard InChI is InChI=1S/C19H22N2O3/c1-19(2,11-10-16(22)23)21-18(24)20-15-9-8-13-7-6-12-4-3-5-14(15)17(12)13/h3-5,8-9H,6-7,10-11H2,1-2H3,(H,22,23)(H2,20,21,24). The SMILES string of the molecule is CC(C)(CCC(=O)O)NC(=O)Nc1ccc2c3c(cccc13)CC2.